The van der Waals surface area contributed by atoms with Crippen molar-refractivity contribution in [2.24, 2.45) is 0 Å². The molecular weight excluding hydrogens is 332 g/mol. The molecule has 7 heteroatoms. The highest BCUT2D eigenvalue weighted by atomic mass is 16.7. The summed E-state index contributed by atoms with van der Waals surface area (Å²) in [5, 5.41) is 2.91. The number of anilines is 1. The molecule has 2 aromatic heterocycles. The van der Waals surface area contributed by atoms with Gasteiger partial charge in [0.15, 0.2) is 5.79 Å². The molecule has 0 saturated carbocycles. The van der Waals surface area contributed by atoms with E-state index >= 15 is 0 Å². The number of rotatable bonds is 4. The van der Waals surface area contributed by atoms with Crippen LogP contribution in [0.5, 0.6) is 0 Å². The van der Waals surface area contributed by atoms with E-state index < -0.39 is 5.79 Å². The second-order valence-corrected chi connectivity index (χ2v) is 6.57. The zero-order chi connectivity index (χ0) is 17.8. The van der Waals surface area contributed by atoms with Gasteiger partial charge < -0.3 is 19.7 Å². The topological polar surface area (TPSA) is 76.6 Å². The van der Waals surface area contributed by atoms with E-state index in [0.29, 0.717) is 25.3 Å². The molecule has 136 valence electrons. The van der Waals surface area contributed by atoms with E-state index in [1.807, 2.05) is 18.2 Å². The number of pyridine rings is 2. The lowest BCUT2D eigenvalue weighted by Gasteiger charge is -2.38. The second-order valence-electron chi connectivity index (χ2n) is 6.57. The van der Waals surface area contributed by atoms with E-state index in [9.17, 15) is 4.79 Å². The average molecular weight is 354 g/mol. The van der Waals surface area contributed by atoms with Gasteiger partial charge in [0.25, 0.3) is 5.91 Å². The zero-order valence-electron chi connectivity index (χ0n) is 14.6. The van der Waals surface area contributed by atoms with Crippen LogP contribution in [-0.2, 0) is 16.0 Å². The van der Waals surface area contributed by atoms with E-state index in [2.05, 4.69) is 20.2 Å². The standard InChI is InChI=1S/C19H22N4O3/c24-18(22-12-15-2-1-5-20-11-15)16-10-17(14-21-13-16)23-6-3-19(4-7-23)25-8-9-26-19/h1-2,5,10-11,13-14H,3-4,6-9,12H2,(H,22,24). The van der Waals surface area contributed by atoms with E-state index in [1.54, 1.807) is 24.8 Å². The maximum absolute atomic E-state index is 12.4. The number of ether oxygens (including phenoxy) is 2. The highest BCUT2D eigenvalue weighted by molar-refractivity contribution is 5.94. The van der Waals surface area contributed by atoms with Crippen LogP contribution < -0.4 is 10.2 Å². The van der Waals surface area contributed by atoms with Gasteiger partial charge in [-0.05, 0) is 17.7 Å². The van der Waals surface area contributed by atoms with E-state index in [4.69, 9.17) is 9.47 Å². The Balaban J connectivity index is 1.38. The lowest BCUT2D eigenvalue weighted by atomic mass is 10.0. The molecule has 7 nitrogen and oxygen atoms in total. The van der Waals surface area contributed by atoms with Crippen LogP contribution in [0.1, 0.15) is 28.8 Å². The van der Waals surface area contributed by atoms with Crippen LogP contribution in [-0.4, -0.2) is 48.0 Å². The number of nitrogens with zero attached hydrogens (tertiary/aromatic N) is 3. The van der Waals surface area contributed by atoms with Gasteiger partial charge >= 0.3 is 0 Å². The molecule has 0 atom stereocenters. The van der Waals surface area contributed by atoms with Gasteiger partial charge in [-0.3, -0.25) is 14.8 Å². The number of amides is 1. The summed E-state index contributed by atoms with van der Waals surface area (Å²) in [7, 11) is 0. The van der Waals surface area contributed by atoms with Gasteiger partial charge in [-0.2, -0.15) is 0 Å². The number of piperidine rings is 1. The number of carbonyl (C=O) groups excluding carboxylic acids is 1. The molecule has 0 bridgehead atoms. The van der Waals surface area contributed by atoms with Crippen molar-refractivity contribution in [1.82, 2.24) is 15.3 Å². The monoisotopic (exact) mass is 354 g/mol. The zero-order valence-corrected chi connectivity index (χ0v) is 14.6. The summed E-state index contributed by atoms with van der Waals surface area (Å²) in [5.41, 5.74) is 2.47. The minimum Gasteiger partial charge on any atom is -0.370 e. The molecule has 2 aromatic rings. The molecule has 4 heterocycles. The fourth-order valence-corrected chi connectivity index (χ4v) is 3.40. The van der Waals surface area contributed by atoms with E-state index in [0.717, 1.165) is 37.2 Å². The van der Waals surface area contributed by atoms with Gasteiger partial charge in [0.1, 0.15) is 0 Å². The molecule has 1 amide bonds. The van der Waals surface area contributed by atoms with Crippen molar-refractivity contribution >= 4 is 11.6 Å². The molecule has 0 aliphatic carbocycles. The van der Waals surface area contributed by atoms with Crippen LogP contribution in [0, 0.1) is 0 Å². The van der Waals surface area contributed by atoms with Gasteiger partial charge in [-0.25, -0.2) is 0 Å². The minimum atomic E-state index is -0.400. The summed E-state index contributed by atoms with van der Waals surface area (Å²) in [5.74, 6) is -0.540. The quantitative estimate of drug-likeness (QED) is 0.901. The Hall–Kier alpha value is -2.51. The van der Waals surface area contributed by atoms with Crippen molar-refractivity contribution in [1.29, 1.82) is 0 Å². The summed E-state index contributed by atoms with van der Waals surface area (Å²) in [4.78, 5) is 22.9. The molecular formula is C19H22N4O3. The van der Waals surface area contributed by atoms with Crippen LogP contribution in [0.15, 0.2) is 43.0 Å². The predicted octanol–water partition coefficient (Wildman–Crippen LogP) is 1.75. The van der Waals surface area contributed by atoms with Crippen LogP contribution in [0.2, 0.25) is 0 Å². The molecule has 0 unspecified atom stereocenters. The van der Waals surface area contributed by atoms with Crippen LogP contribution in [0.4, 0.5) is 5.69 Å². The van der Waals surface area contributed by atoms with Gasteiger partial charge in [0.2, 0.25) is 0 Å². The summed E-state index contributed by atoms with van der Waals surface area (Å²) in [6.07, 6.45) is 8.49. The Labute approximate surface area is 152 Å². The Morgan fingerprint density at radius 2 is 1.96 bits per heavy atom. The number of carbonyl (C=O) groups is 1. The van der Waals surface area contributed by atoms with Crippen LogP contribution >= 0.6 is 0 Å². The van der Waals surface area contributed by atoms with Gasteiger partial charge in [-0.1, -0.05) is 6.07 Å². The maximum atomic E-state index is 12.4. The Morgan fingerprint density at radius 3 is 2.69 bits per heavy atom. The fourth-order valence-electron chi connectivity index (χ4n) is 3.40. The fraction of sp³-hybridized carbons (Fsp3) is 0.421. The molecule has 2 saturated heterocycles. The normalized spacial score (nSPS) is 18.8. The average Bonchev–Trinajstić information content (AvgIpc) is 3.15. The minimum absolute atomic E-state index is 0.140. The SMILES string of the molecule is O=C(NCc1cccnc1)c1cncc(N2CCC3(CC2)OCCO3)c1. The third-order valence-corrected chi connectivity index (χ3v) is 4.87. The molecule has 2 aliphatic rings. The van der Waals surface area contributed by atoms with Gasteiger partial charge in [0.05, 0.1) is 30.7 Å². The summed E-state index contributed by atoms with van der Waals surface area (Å²) >= 11 is 0. The van der Waals surface area contributed by atoms with Crippen molar-refractivity contribution in [2.45, 2.75) is 25.2 Å². The van der Waals surface area contributed by atoms with E-state index in [-0.39, 0.29) is 5.91 Å². The highest BCUT2D eigenvalue weighted by Gasteiger charge is 2.39. The molecule has 4 rings (SSSR count). The number of aromatic nitrogens is 2. The Bertz CT molecular complexity index is 752. The maximum Gasteiger partial charge on any atom is 0.253 e. The number of hydrogen-bond acceptors (Lipinski definition) is 6. The molecule has 2 aliphatic heterocycles. The summed E-state index contributed by atoms with van der Waals surface area (Å²) < 4.78 is 11.5. The van der Waals surface area contributed by atoms with Crippen molar-refractivity contribution in [3.8, 4) is 0 Å². The van der Waals surface area contributed by atoms with E-state index in [1.165, 1.54) is 0 Å². The number of hydrogen-bond donors (Lipinski definition) is 1. The first-order valence-electron chi connectivity index (χ1n) is 8.89. The first-order chi connectivity index (χ1) is 12.7. The molecule has 1 spiro atoms. The smallest absolute Gasteiger partial charge is 0.253 e. The molecule has 1 N–H and O–H groups in total. The number of nitrogens with one attached hydrogen (secondary N) is 1. The third kappa shape index (κ3) is 3.68. The van der Waals surface area contributed by atoms with Crippen molar-refractivity contribution in [3.63, 3.8) is 0 Å². The van der Waals surface area contributed by atoms with Crippen LogP contribution in [0.3, 0.4) is 0 Å². The first-order valence-corrected chi connectivity index (χ1v) is 8.89. The highest BCUT2D eigenvalue weighted by Crippen LogP contribution is 2.33. The predicted molar refractivity (Wildman–Crippen MR) is 95.7 cm³/mol. The summed E-state index contributed by atoms with van der Waals surface area (Å²) in [6, 6.07) is 5.67. The van der Waals surface area contributed by atoms with Gasteiger partial charge in [-0.15, -0.1) is 0 Å². The Morgan fingerprint density at radius 1 is 1.15 bits per heavy atom. The lowest BCUT2D eigenvalue weighted by Crippen LogP contribution is -2.45. The molecule has 2 fully saturated rings. The molecule has 0 aromatic carbocycles. The largest absolute Gasteiger partial charge is 0.370 e. The lowest BCUT2D eigenvalue weighted by molar-refractivity contribution is -0.169. The molecule has 0 radical (unpaired) electrons. The summed E-state index contributed by atoms with van der Waals surface area (Å²) in [6.45, 7) is 3.44. The molecule has 26 heavy (non-hydrogen) atoms. The Kier molecular flexibility index (Phi) is 4.81. The van der Waals surface area contributed by atoms with Gasteiger partial charge in [0, 0.05) is 51.1 Å². The van der Waals surface area contributed by atoms with Crippen LogP contribution in [0.25, 0.3) is 0 Å². The van der Waals surface area contributed by atoms with Crippen molar-refractivity contribution < 1.29 is 14.3 Å². The third-order valence-electron chi connectivity index (χ3n) is 4.87. The van der Waals surface area contributed by atoms with Crippen molar-refractivity contribution in [3.05, 3.63) is 54.1 Å². The first kappa shape index (κ1) is 16.9. The van der Waals surface area contributed by atoms with Crippen molar-refractivity contribution in [2.75, 3.05) is 31.2 Å². The second kappa shape index (κ2) is 7.39.